The zero-order chi connectivity index (χ0) is 33.6. The summed E-state index contributed by atoms with van der Waals surface area (Å²) in [4.78, 5) is 50.6. The van der Waals surface area contributed by atoms with Gasteiger partial charge in [0.1, 0.15) is 6.04 Å². The predicted octanol–water partition coefficient (Wildman–Crippen LogP) is 5.40. The molecule has 2 aromatic heterocycles. The molecular formula is C36H36N6O5. The average molecular weight is 633 g/mol. The first kappa shape index (κ1) is 32.7. The van der Waals surface area contributed by atoms with Gasteiger partial charge in [0, 0.05) is 42.0 Å². The van der Waals surface area contributed by atoms with Crippen LogP contribution in [0.5, 0.6) is 0 Å². The topological polar surface area (TPSA) is 160 Å². The molecule has 47 heavy (non-hydrogen) atoms. The summed E-state index contributed by atoms with van der Waals surface area (Å²) in [5.41, 5.74) is 5.49. The number of benzene rings is 3. The fraction of sp³-hybridized carbons (Fsp3) is 0.250. The van der Waals surface area contributed by atoms with Crippen molar-refractivity contribution in [2.45, 2.75) is 52.0 Å². The van der Waals surface area contributed by atoms with Crippen molar-refractivity contribution in [2.24, 2.45) is 0 Å². The maximum absolute atomic E-state index is 13.1. The van der Waals surface area contributed by atoms with Crippen molar-refractivity contribution < 1.29 is 24.0 Å². The van der Waals surface area contributed by atoms with Gasteiger partial charge in [0.05, 0.1) is 12.0 Å². The fourth-order valence-electron chi connectivity index (χ4n) is 4.84. The lowest BCUT2D eigenvalue weighted by Gasteiger charge is -2.20. The first-order valence-electron chi connectivity index (χ1n) is 15.2. The Bertz CT molecular complexity index is 1860. The molecule has 240 valence electrons. The average Bonchev–Trinajstić information content (AvgIpc) is 3.55. The predicted molar refractivity (Wildman–Crippen MR) is 176 cm³/mol. The van der Waals surface area contributed by atoms with E-state index < -0.39 is 23.8 Å². The number of nitrogens with one attached hydrogen (secondary N) is 2. The molecule has 5 rings (SSSR count). The molecule has 11 heteroatoms. The SMILES string of the molecule is Cc1cccc(-c2noc(-c3cnc(-c4ccc(C[C@H](NC(=O)c5ccc(C(C)(C)C)cc5)C(=O)NCCC(=O)O)cc4)nc3)n2)c1. The van der Waals surface area contributed by atoms with Crippen LogP contribution in [0.4, 0.5) is 0 Å². The molecule has 0 aliphatic heterocycles. The minimum atomic E-state index is -1.03. The van der Waals surface area contributed by atoms with Crippen molar-refractivity contribution in [2.75, 3.05) is 6.54 Å². The molecule has 11 nitrogen and oxygen atoms in total. The Morgan fingerprint density at radius 3 is 2.21 bits per heavy atom. The van der Waals surface area contributed by atoms with Crippen LogP contribution in [0.15, 0.2) is 89.7 Å². The summed E-state index contributed by atoms with van der Waals surface area (Å²) in [5.74, 6) is -0.634. The van der Waals surface area contributed by atoms with Crippen LogP contribution in [0, 0.1) is 6.92 Å². The highest BCUT2D eigenvalue weighted by Crippen LogP contribution is 2.24. The van der Waals surface area contributed by atoms with Gasteiger partial charge in [-0.05, 0) is 41.7 Å². The van der Waals surface area contributed by atoms with E-state index in [0.29, 0.717) is 28.7 Å². The van der Waals surface area contributed by atoms with Crippen LogP contribution in [0.3, 0.4) is 0 Å². The summed E-state index contributed by atoms with van der Waals surface area (Å²) < 4.78 is 5.44. The second kappa shape index (κ2) is 14.2. The number of carbonyl (C=O) groups is 3. The summed E-state index contributed by atoms with van der Waals surface area (Å²) in [5, 5.41) is 18.5. The first-order valence-corrected chi connectivity index (χ1v) is 15.2. The Labute approximate surface area is 272 Å². The number of aromatic nitrogens is 4. The molecule has 0 aliphatic rings. The number of carboxylic acids is 1. The number of hydrogen-bond donors (Lipinski definition) is 3. The second-order valence-electron chi connectivity index (χ2n) is 12.3. The van der Waals surface area contributed by atoms with Crippen molar-refractivity contribution in [3.63, 3.8) is 0 Å². The largest absolute Gasteiger partial charge is 0.481 e. The van der Waals surface area contributed by atoms with E-state index in [1.165, 1.54) is 0 Å². The molecule has 2 heterocycles. The zero-order valence-electron chi connectivity index (χ0n) is 26.7. The molecule has 0 unspecified atom stereocenters. The molecule has 1 atom stereocenters. The quantitative estimate of drug-likeness (QED) is 0.173. The molecule has 0 saturated heterocycles. The lowest BCUT2D eigenvalue weighted by molar-refractivity contribution is -0.137. The molecule has 0 radical (unpaired) electrons. The van der Waals surface area contributed by atoms with Gasteiger partial charge < -0.3 is 20.3 Å². The number of hydrogen-bond acceptors (Lipinski definition) is 8. The number of rotatable bonds is 11. The molecule has 0 aliphatic carbocycles. The molecule has 2 amide bonds. The van der Waals surface area contributed by atoms with E-state index in [0.717, 1.165) is 27.8 Å². The Kier molecular flexibility index (Phi) is 9.84. The van der Waals surface area contributed by atoms with Crippen molar-refractivity contribution in [3.8, 4) is 34.2 Å². The number of carbonyl (C=O) groups excluding carboxylic acids is 2. The van der Waals surface area contributed by atoms with Gasteiger partial charge in [-0.2, -0.15) is 4.98 Å². The van der Waals surface area contributed by atoms with E-state index in [9.17, 15) is 14.4 Å². The first-order chi connectivity index (χ1) is 22.5. The Hall–Kier alpha value is -5.71. The van der Waals surface area contributed by atoms with Crippen LogP contribution >= 0.6 is 0 Å². The molecular weight excluding hydrogens is 596 g/mol. The summed E-state index contributed by atoms with van der Waals surface area (Å²) in [6, 6.07) is 21.5. The van der Waals surface area contributed by atoms with Gasteiger partial charge in [-0.15, -0.1) is 0 Å². The lowest BCUT2D eigenvalue weighted by Crippen LogP contribution is -2.48. The molecule has 3 aromatic carbocycles. The second-order valence-corrected chi connectivity index (χ2v) is 12.3. The van der Waals surface area contributed by atoms with E-state index in [4.69, 9.17) is 9.63 Å². The van der Waals surface area contributed by atoms with Crippen LogP contribution < -0.4 is 10.6 Å². The van der Waals surface area contributed by atoms with Crippen LogP contribution in [-0.2, 0) is 21.4 Å². The highest BCUT2D eigenvalue weighted by atomic mass is 16.5. The van der Waals surface area contributed by atoms with E-state index in [1.807, 2.05) is 67.6 Å². The highest BCUT2D eigenvalue weighted by Gasteiger charge is 2.23. The van der Waals surface area contributed by atoms with Crippen molar-refractivity contribution >= 4 is 17.8 Å². The minimum Gasteiger partial charge on any atom is -0.481 e. The van der Waals surface area contributed by atoms with Gasteiger partial charge in [-0.1, -0.05) is 86.1 Å². The van der Waals surface area contributed by atoms with Crippen molar-refractivity contribution in [1.29, 1.82) is 0 Å². The van der Waals surface area contributed by atoms with Crippen LogP contribution in [0.25, 0.3) is 34.2 Å². The highest BCUT2D eigenvalue weighted by molar-refractivity contribution is 5.97. The molecule has 0 spiro atoms. The van der Waals surface area contributed by atoms with E-state index in [-0.39, 0.29) is 24.8 Å². The molecule has 0 bridgehead atoms. The number of aliphatic carboxylic acids is 1. The fourth-order valence-corrected chi connectivity index (χ4v) is 4.84. The molecule has 0 fully saturated rings. The van der Waals surface area contributed by atoms with Gasteiger partial charge >= 0.3 is 5.97 Å². The lowest BCUT2D eigenvalue weighted by atomic mass is 9.86. The van der Waals surface area contributed by atoms with Gasteiger partial charge in [0.2, 0.25) is 11.7 Å². The van der Waals surface area contributed by atoms with Crippen molar-refractivity contribution in [3.05, 3.63) is 107 Å². The number of nitrogens with zero attached hydrogens (tertiary/aromatic N) is 4. The van der Waals surface area contributed by atoms with E-state index in [2.05, 4.69) is 51.5 Å². The van der Waals surface area contributed by atoms with Crippen molar-refractivity contribution in [1.82, 2.24) is 30.7 Å². The molecule has 5 aromatic rings. The molecule has 0 saturated carbocycles. The Balaban J connectivity index is 1.27. The third kappa shape index (κ3) is 8.51. The summed E-state index contributed by atoms with van der Waals surface area (Å²) in [6.45, 7) is 8.21. The smallest absolute Gasteiger partial charge is 0.305 e. The third-order valence-electron chi connectivity index (χ3n) is 7.53. The maximum Gasteiger partial charge on any atom is 0.305 e. The van der Waals surface area contributed by atoms with Crippen LogP contribution in [0.2, 0.25) is 0 Å². The standard InChI is InChI=1S/C36H36N6O5/c1-22-6-5-7-26(18-22)32-41-35(47-42-32)27-20-38-31(39-21-27)24-10-8-23(9-11-24)19-29(34(46)37-17-16-30(43)44)40-33(45)25-12-14-28(15-13-25)36(2,3)4/h5-15,18,20-21,29H,16-17,19H2,1-4H3,(H,37,46)(H,40,45)(H,43,44)/t29-/m0/s1. The van der Waals surface area contributed by atoms with Gasteiger partial charge in [-0.25, -0.2) is 9.97 Å². The Morgan fingerprint density at radius 1 is 0.872 bits per heavy atom. The normalized spacial score (nSPS) is 11.9. The maximum atomic E-state index is 13.1. The van der Waals surface area contributed by atoms with Gasteiger partial charge in [0.25, 0.3) is 11.8 Å². The zero-order valence-corrected chi connectivity index (χ0v) is 26.7. The van der Waals surface area contributed by atoms with Crippen LogP contribution in [0.1, 0.15) is 54.2 Å². The van der Waals surface area contributed by atoms with E-state index in [1.54, 1.807) is 24.5 Å². The number of carboxylic acid groups (broad SMARTS) is 1. The monoisotopic (exact) mass is 632 g/mol. The third-order valence-corrected chi connectivity index (χ3v) is 7.53. The summed E-state index contributed by atoms with van der Waals surface area (Å²) in [6.07, 6.45) is 3.19. The number of amides is 2. The Morgan fingerprint density at radius 2 is 1.57 bits per heavy atom. The van der Waals surface area contributed by atoms with E-state index >= 15 is 0 Å². The number of aryl methyl sites for hydroxylation is 1. The van der Waals surface area contributed by atoms with Gasteiger partial charge in [-0.3, -0.25) is 14.4 Å². The summed E-state index contributed by atoms with van der Waals surface area (Å²) in [7, 11) is 0. The summed E-state index contributed by atoms with van der Waals surface area (Å²) >= 11 is 0. The minimum absolute atomic E-state index is 0.0517. The van der Waals surface area contributed by atoms with Gasteiger partial charge in [0.15, 0.2) is 5.82 Å². The molecule has 3 N–H and O–H groups in total. The van der Waals surface area contributed by atoms with Crippen LogP contribution in [-0.4, -0.2) is 55.6 Å².